The van der Waals surface area contributed by atoms with E-state index in [1.165, 1.54) is 165 Å². The number of hydrogen-bond donors (Lipinski definition) is 0. The molecule has 0 unspecified atom stereocenters. The molecule has 0 amide bonds. The summed E-state index contributed by atoms with van der Waals surface area (Å²) in [6.07, 6.45) is 33.5. The first-order valence-electron chi connectivity index (χ1n) is 19.0. The van der Waals surface area contributed by atoms with Crippen LogP contribution in [-0.2, 0) is 35.5 Å². The Hall–Kier alpha value is -3.44. The van der Waals surface area contributed by atoms with Gasteiger partial charge >= 0.3 is 12.4 Å². The fraction of sp³-hybridized carbons (Fsp3) is 0.650. The van der Waals surface area contributed by atoms with Crippen LogP contribution in [0.4, 0.5) is 26.3 Å². The molecular formula is C40H58F6N2O4. The van der Waals surface area contributed by atoms with Gasteiger partial charge in [-0.15, -0.1) is 0 Å². The normalized spacial score (nSPS) is 17.3. The van der Waals surface area contributed by atoms with Crippen molar-refractivity contribution in [2.75, 3.05) is 0 Å². The molecule has 0 aromatic carbocycles. The first-order chi connectivity index (χ1) is 24.8. The number of alkyl halides is 6. The lowest BCUT2D eigenvalue weighted by Gasteiger charge is -2.04. The second kappa shape index (κ2) is 28.1. The fourth-order valence-electron chi connectivity index (χ4n) is 5.85. The van der Waals surface area contributed by atoms with Crippen molar-refractivity contribution >= 4 is 11.9 Å². The molecule has 0 spiro atoms. The molecule has 294 valence electrons. The molecule has 0 radical (unpaired) electrons. The van der Waals surface area contributed by atoms with Crippen LogP contribution in [0.5, 0.6) is 0 Å². The average molecular weight is 745 g/mol. The van der Waals surface area contributed by atoms with E-state index in [1.54, 1.807) is 0 Å². The predicted octanol–water partition coefficient (Wildman–Crippen LogP) is 8.02. The van der Waals surface area contributed by atoms with Crippen LogP contribution < -0.4 is 19.3 Å². The minimum Gasteiger partial charge on any atom is -0.542 e. The van der Waals surface area contributed by atoms with Gasteiger partial charge in [0.1, 0.15) is 25.0 Å². The van der Waals surface area contributed by atoms with Crippen molar-refractivity contribution < 1.29 is 55.3 Å². The van der Waals surface area contributed by atoms with Gasteiger partial charge in [-0.25, -0.2) is 9.13 Å². The standard InChI is InChI=1S/C36H58N2.2C2HF3O2/c1-2-5-9-13-17-21-29-37-31-24-28-36(34-37)26-20-16-12-8-4-6-10-14-18-22-30-38-32-23-27-35(33-38)25-19-15-11-7-3-1;2*3-2(4,5)1(6)7/h1-2,23-24,27-28,31-34H,3-22,25-26,29-30H2;2*(H,6,7)/q+2;;/p-2. The van der Waals surface area contributed by atoms with Crippen molar-refractivity contribution in [2.24, 2.45) is 0 Å². The Balaban J connectivity index is 0.000000812. The number of pyridine rings is 2. The van der Waals surface area contributed by atoms with Crippen molar-refractivity contribution in [1.82, 2.24) is 0 Å². The molecule has 0 saturated carbocycles. The van der Waals surface area contributed by atoms with Crippen molar-refractivity contribution in [3.63, 3.8) is 0 Å². The third-order valence-corrected chi connectivity index (χ3v) is 8.72. The Kier molecular flexibility index (Phi) is 25.2. The lowest BCUT2D eigenvalue weighted by molar-refractivity contribution is -0.697. The van der Waals surface area contributed by atoms with Crippen LogP contribution in [0.25, 0.3) is 0 Å². The van der Waals surface area contributed by atoms with E-state index >= 15 is 0 Å². The number of carbonyl (C=O) groups is 2. The van der Waals surface area contributed by atoms with Crippen LogP contribution in [0.3, 0.4) is 0 Å². The maximum Gasteiger partial charge on any atom is 0.430 e. The van der Waals surface area contributed by atoms with Gasteiger partial charge in [0, 0.05) is 36.1 Å². The summed E-state index contributed by atoms with van der Waals surface area (Å²) in [4.78, 5) is 17.6. The first kappa shape index (κ1) is 46.6. The van der Waals surface area contributed by atoms with Crippen LogP contribution >= 0.6 is 0 Å². The van der Waals surface area contributed by atoms with Gasteiger partial charge < -0.3 is 19.8 Å². The first-order valence-corrected chi connectivity index (χ1v) is 19.0. The number of rotatable bonds is 0. The molecule has 0 atom stereocenters. The van der Waals surface area contributed by atoms with Gasteiger partial charge in [-0.3, -0.25) is 0 Å². The van der Waals surface area contributed by atoms with E-state index in [2.05, 4.69) is 70.3 Å². The minimum absolute atomic E-state index is 1.17. The molecule has 12 heteroatoms. The number of carboxylic acid groups (broad SMARTS) is 2. The second-order valence-corrected chi connectivity index (χ2v) is 13.4. The largest absolute Gasteiger partial charge is 0.542 e. The van der Waals surface area contributed by atoms with E-state index in [-0.39, 0.29) is 0 Å². The summed E-state index contributed by atoms with van der Waals surface area (Å²) in [6, 6.07) is 9.15. The zero-order chi connectivity index (χ0) is 38.5. The number of fused-ring (bicyclic) bond motifs is 4. The summed E-state index contributed by atoms with van der Waals surface area (Å²) in [7, 11) is 0. The molecule has 1 aliphatic rings. The quantitative estimate of drug-likeness (QED) is 0.155. The van der Waals surface area contributed by atoms with E-state index in [0.29, 0.717) is 0 Å². The lowest BCUT2D eigenvalue weighted by Crippen LogP contribution is -2.37. The molecule has 0 fully saturated rings. The molecular weight excluding hydrogens is 686 g/mol. The number of halogens is 6. The maximum absolute atomic E-state index is 10.5. The topological polar surface area (TPSA) is 88.0 Å². The van der Waals surface area contributed by atoms with Crippen LogP contribution in [0, 0.1) is 0 Å². The number of aryl methyl sites for hydroxylation is 4. The highest BCUT2D eigenvalue weighted by atomic mass is 19.4. The monoisotopic (exact) mass is 744 g/mol. The summed E-state index contributed by atoms with van der Waals surface area (Å²) in [5, 5.41) is 17.6. The molecule has 0 N–H and O–H groups in total. The summed E-state index contributed by atoms with van der Waals surface area (Å²) in [5.74, 6) is -6.01. The number of hydrogen-bond acceptors (Lipinski definition) is 4. The Morgan fingerprint density at radius 1 is 0.481 bits per heavy atom. The molecule has 2 aromatic heterocycles. The summed E-state index contributed by atoms with van der Waals surface area (Å²) >= 11 is 0. The van der Waals surface area contributed by atoms with E-state index < -0.39 is 24.3 Å². The van der Waals surface area contributed by atoms with E-state index in [1.807, 2.05) is 0 Å². The van der Waals surface area contributed by atoms with E-state index in [4.69, 9.17) is 19.8 Å². The summed E-state index contributed by atoms with van der Waals surface area (Å²) in [5.41, 5.74) is 3.04. The predicted molar refractivity (Wildman–Crippen MR) is 184 cm³/mol. The lowest BCUT2D eigenvalue weighted by atomic mass is 10.0. The SMILES string of the molecule is C1=CCCCCCC[n+]2cccc(c2)CCCCCCCCCCCC[n+]2cccc(c2)CCCCCC1.O=C([O-])C(F)(F)F.O=C([O-])C(F)(F)F. The highest BCUT2D eigenvalue weighted by Crippen LogP contribution is 2.14. The van der Waals surface area contributed by atoms with Gasteiger partial charge in [0.15, 0.2) is 24.8 Å². The van der Waals surface area contributed by atoms with Crippen LogP contribution in [-0.4, -0.2) is 24.3 Å². The number of nitrogens with zero attached hydrogens (tertiary/aromatic N) is 2. The number of aliphatic carboxylic acids is 2. The van der Waals surface area contributed by atoms with Gasteiger partial charge in [-0.05, 0) is 76.3 Å². The molecule has 1 aliphatic heterocycles. The van der Waals surface area contributed by atoms with Crippen molar-refractivity contribution in [3.05, 3.63) is 72.3 Å². The highest BCUT2D eigenvalue weighted by Gasteiger charge is 2.29. The number of allylic oxidation sites excluding steroid dienone is 2. The van der Waals surface area contributed by atoms with Crippen LogP contribution in [0.1, 0.15) is 140 Å². The smallest absolute Gasteiger partial charge is 0.430 e. The molecule has 3 heterocycles. The Morgan fingerprint density at radius 2 is 0.769 bits per heavy atom. The summed E-state index contributed by atoms with van der Waals surface area (Å²) < 4.78 is 67.9. The van der Waals surface area contributed by atoms with Gasteiger partial charge in [0.05, 0.1) is 0 Å². The number of carbonyl (C=O) groups excluding carboxylic acids is 2. The van der Waals surface area contributed by atoms with Gasteiger partial charge in [-0.1, -0.05) is 76.4 Å². The number of aromatic nitrogens is 2. The highest BCUT2D eigenvalue weighted by molar-refractivity contribution is 5.71. The third-order valence-electron chi connectivity index (χ3n) is 8.72. The van der Waals surface area contributed by atoms with Crippen molar-refractivity contribution in [3.8, 4) is 0 Å². The second-order valence-electron chi connectivity index (χ2n) is 13.4. The molecule has 0 saturated heterocycles. The molecule has 52 heavy (non-hydrogen) atoms. The van der Waals surface area contributed by atoms with Crippen molar-refractivity contribution in [1.29, 1.82) is 0 Å². The molecule has 0 aliphatic carbocycles. The van der Waals surface area contributed by atoms with E-state index in [0.717, 1.165) is 0 Å². The molecule has 2 aromatic rings. The van der Waals surface area contributed by atoms with Crippen LogP contribution in [0.15, 0.2) is 61.2 Å². The Bertz CT molecular complexity index is 1170. The third kappa shape index (κ3) is 26.4. The number of carboxylic acids is 2. The Labute approximate surface area is 306 Å². The molecule has 6 nitrogen and oxygen atoms in total. The fourth-order valence-corrected chi connectivity index (χ4v) is 5.85. The van der Waals surface area contributed by atoms with Crippen molar-refractivity contribution in [2.45, 2.75) is 167 Å². The maximum atomic E-state index is 10.5. The zero-order valence-corrected chi connectivity index (χ0v) is 30.5. The molecule has 4 bridgehead atoms. The van der Waals surface area contributed by atoms with Gasteiger partial charge in [-0.2, -0.15) is 26.3 Å². The zero-order valence-electron chi connectivity index (χ0n) is 30.5. The van der Waals surface area contributed by atoms with Gasteiger partial charge in [0.2, 0.25) is 0 Å². The average Bonchev–Trinajstić information content (AvgIpc) is 3.08. The van der Waals surface area contributed by atoms with Gasteiger partial charge in [0.25, 0.3) is 0 Å². The Morgan fingerprint density at radius 3 is 1.10 bits per heavy atom. The summed E-state index contributed by atoms with van der Waals surface area (Å²) in [6.45, 7) is 2.36. The minimum atomic E-state index is -5.19. The van der Waals surface area contributed by atoms with E-state index in [9.17, 15) is 26.3 Å². The van der Waals surface area contributed by atoms with Crippen LogP contribution in [0.2, 0.25) is 0 Å². The molecule has 3 rings (SSSR count).